The third kappa shape index (κ3) is 3.21. The summed E-state index contributed by atoms with van der Waals surface area (Å²) in [4.78, 5) is 15.0. The summed E-state index contributed by atoms with van der Waals surface area (Å²) in [6, 6.07) is 8.17. The molecule has 0 unspecified atom stereocenters. The molecule has 0 N–H and O–H groups in total. The van der Waals surface area contributed by atoms with Gasteiger partial charge >= 0.3 is 0 Å². The number of amides is 1. The number of methoxy groups -OCH3 is 2. The van der Waals surface area contributed by atoms with E-state index in [0.29, 0.717) is 18.8 Å². The van der Waals surface area contributed by atoms with E-state index < -0.39 is 0 Å². The summed E-state index contributed by atoms with van der Waals surface area (Å²) in [5, 5.41) is 0. The van der Waals surface area contributed by atoms with E-state index in [-0.39, 0.29) is 5.91 Å². The number of nitrogens with zero attached hydrogens (tertiary/aromatic N) is 1. The molecule has 0 radical (unpaired) electrons. The van der Waals surface area contributed by atoms with Gasteiger partial charge in [-0.15, -0.1) is 0 Å². The largest absolute Gasteiger partial charge is 0.493 e. The molecule has 132 valence electrons. The first-order valence-electron chi connectivity index (χ1n) is 8.55. The normalized spacial score (nSPS) is 13.4. The molecule has 3 rings (SSSR count). The quantitative estimate of drug-likeness (QED) is 0.853. The van der Waals surface area contributed by atoms with Crippen molar-refractivity contribution in [3.8, 4) is 11.5 Å². The maximum absolute atomic E-state index is 13.1. The highest BCUT2D eigenvalue weighted by molar-refractivity contribution is 5.97. The fourth-order valence-corrected chi connectivity index (χ4v) is 3.73. The lowest BCUT2D eigenvalue weighted by Crippen LogP contribution is -2.36. The molecule has 0 atom stereocenters. The van der Waals surface area contributed by atoms with Gasteiger partial charge in [-0.05, 0) is 61.6 Å². The van der Waals surface area contributed by atoms with Crippen molar-refractivity contribution in [3.63, 3.8) is 0 Å². The molecule has 0 spiro atoms. The first kappa shape index (κ1) is 17.3. The second-order valence-electron chi connectivity index (χ2n) is 6.73. The van der Waals surface area contributed by atoms with E-state index in [2.05, 4.69) is 19.1 Å². The van der Waals surface area contributed by atoms with E-state index >= 15 is 0 Å². The summed E-state index contributed by atoms with van der Waals surface area (Å²) >= 11 is 0. The van der Waals surface area contributed by atoms with Crippen LogP contribution in [0.15, 0.2) is 24.3 Å². The van der Waals surface area contributed by atoms with Crippen molar-refractivity contribution >= 4 is 5.91 Å². The Labute approximate surface area is 149 Å². The monoisotopic (exact) mass is 339 g/mol. The van der Waals surface area contributed by atoms with Crippen LogP contribution in [0.1, 0.15) is 38.2 Å². The van der Waals surface area contributed by atoms with Crippen LogP contribution in [0.25, 0.3) is 0 Å². The van der Waals surface area contributed by atoms with Crippen molar-refractivity contribution in [2.24, 2.45) is 0 Å². The number of hydrogen-bond donors (Lipinski definition) is 0. The maximum atomic E-state index is 13.1. The smallest absolute Gasteiger partial charge is 0.254 e. The van der Waals surface area contributed by atoms with Crippen LogP contribution in [0.4, 0.5) is 0 Å². The third-order valence-corrected chi connectivity index (χ3v) is 4.90. The molecule has 0 aliphatic carbocycles. The molecule has 25 heavy (non-hydrogen) atoms. The Balaban J connectivity index is 1.91. The highest BCUT2D eigenvalue weighted by Gasteiger charge is 2.25. The van der Waals surface area contributed by atoms with E-state index in [1.807, 2.05) is 30.9 Å². The molecule has 2 aromatic rings. The predicted octanol–water partition coefficient (Wildman–Crippen LogP) is 3.83. The van der Waals surface area contributed by atoms with E-state index in [1.165, 1.54) is 11.1 Å². The molecular formula is C21H25NO3. The van der Waals surface area contributed by atoms with Crippen molar-refractivity contribution < 1.29 is 14.3 Å². The molecule has 2 aromatic carbocycles. The molecule has 0 saturated heterocycles. The lowest BCUT2D eigenvalue weighted by Gasteiger charge is -2.30. The van der Waals surface area contributed by atoms with Gasteiger partial charge in [0.05, 0.1) is 14.2 Å². The van der Waals surface area contributed by atoms with Crippen LogP contribution in [0.3, 0.4) is 0 Å². The van der Waals surface area contributed by atoms with Gasteiger partial charge in [0.25, 0.3) is 5.91 Å². The second-order valence-corrected chi connectivity index (χ2v) is 6.73. The van der Waals surface area contributed by atoms with Crippen molar-refractivity contribution in [1.29, 1.82) is 0 Å². The minimum absolute atomic E-state index is 0.107. The summed E-state index contributed by atoms with van der Waals surface area (Å²) in [5.74, 6) is 1.56. The van der Waals surface area contributed by atoms with E-state index in [9.17, 15) is 4.79 Å². The lowest BCUT2D eigenvalue weighted by molar-refractivity contribution is 0.0733. The summed E-state index contributed by atoms with van der Waals surface area (Å²) in [7, 11) is 3.28. The van der Waals surface area contributed by atoms with Gasteiger partial charge in [0.1, 0.15) is 0 Å². The zero-order valence-corrected chi connectivity index (χ0v) is 15.6. The van der Waals surface area contributed by atoms with Crippen LogP contribution in [0.2, 0.25) is 0 Å². The molecule has 4 heteroatoms. The van der Waals surface area contributed by atoms with Crippen molar-refractivity contribution in [3.05, 3.63) is 57.6 Å². The maximum Gasteiger partial charge on any atom is 0.254 e. The standard InChI is InChI=1S/C21H25NO3/c1-13-8-14(2)20(15(3)9-13)21(23)22-7-6-16-10-18(24-4)19(25-5)11-17(16)12-22/h8-11H,6-7,12H2,1-5H3. The van der Waals surface area contributed by atoms with Gasteiger partial charge < -0.3 is 14.4 Å². The average Bonchev–Trinajstić information content (AvgIpc) is 2.58. The molecular weight excluding hydrogens is 314 g/mol. The van der Waals surface area contributed by atoms with Crippen molar-refractivity contribution in [1.82, 2.24) is 4.90 Å². The Hall–Kier alpha value is -2.49. The number of ether oxygens (including phenoxy) is 2. The summed E-state index contributed by atoms with van der Waals surface area (Å²) in [6.45, 7) is 7.40. The molecule has 1 aliphatic heterocycles. The number of rotatable bonds is 3. The average molecular weight is 339 g/mol. The zero-order valence-electron chi connectivity index (χ0n) is 15.6. The number of fused-ring (bicyclic) bond motifs is 1. The minimum Gasteiger partial charge on any atom is -0.493 e. The number of carbonyl (C=O) groups excluding carboxylic acids is 1. The number of hydrogen-bond acceptors (Lipinski definition) is 3. The van der Waals surface area contributed by atoms with Gasteiger partial charge in [-0.1, -0.05) is 17.7 Å². The second kappa shape index (κ2) is 6.79. The van der Waals surface area contributed by atoms with Crippen LogP contribution >= 0.6 is 0 Å². The van der Waals surface area contributed by atoms with Crippen molar-refractivity contribution in [2.45, 2.75) is 33.7 Å². The Kier molecular flexibility index (Phi) is 4.71. The Bertz CT molecular complexity index is 803. The molecule has 1 heterocycles. The SMILES string of the molecule is COc1cc2c(cc1OC)CN(C(=O)c1c(C)cc(C)cc1C)CC2. The number of aryl methyl sites for hydroxylation is 3. The third-order valence-electron chi connectivity index (χ3n) is 4.90. The Morgan fingerprint density at radius 3 is 2.04 bits per heavy atom. The topological polar surface area (TPSA) is 38.8 Å². The van der Waals surface area contributed by atoms with Crippen LogP contribution in [-0.2, 0) is 13.0 Å². The molecule has 1 amide bonds. The molecule has 0 saturated carbocycles. The van der Waals surface area contributed by atoms with E-state index in [4.69, 9.17) is 9.47 Å². The fraction of sp³-hybridized carbons (Fsp3) is 0.381. The molecule has 0 fully saturated rings. The highest BCUT2D eigenvalue weighted by Crippen LogP contribution is 2.33. The van der Waals surface area contributed by atoms with Gasteiger partial charge in [-0.2, -0.15) is 0 Å². The van der Waals surface area contributed by atoms with Gasteiger partial charge in [-0.25, -0.2) is 0 Å². The van der Waals surface area contributed by atoms with Gasteiger partial charge in [0.2, 0.25) is 0 Å². The Morgan fingerprint density at radius 2 is 1.48 bits per heavy atom. The molecule has 1 aliphatic rings. The first-order valence-corrected chi connectivity index (χ1v) is 8.55. The van der Waals surface area contributed by atoms with Gasteiger partial charge in [-0.3, -0.25) is 4.79 Å². The number of carbonyl (C=O) groups is 1. The highest BCUT2D eigenvalue weighted by atomic mass is 16.5. The minimum atomic E-state index is 0.107. The van der Waals surface area contributed by atoms with Gasteiger partial charge in [0, 0.05) is 18.7 Å². The summed E-state index contributed by atoms with van der Waals surface area (Å²) in [5.41, 5.74) is 6.45. The molecule has 0 aromatic heterocycles. The number of benzene rings is 2. The summed E-state index contributed by atoms with van der Waals surface area (Å²) in [6.07, 6.45) is 0.825. The summed E-state index contributed by atoms with van der Waals surface area (Å²) < 4.78 is 10.8. The van der Waals surface area contributed by atoms with E-state index in [0.717, 1.165) is 34.4 Å². The zero-order chi connectivity index (χ0) is 18.1. The molecule has 4 nitrogen and oxygen atoms in total. The first-order chi connectivity index (χ1) is 11.9. The van der Waals surface area contributed by atoms with Crippen LogP contribution in [0.5, 0.6) is 11.5 Å². The van der Waals surface area contributed by atoms with Crippen molar-refractivity contribution in [2.75, 3.05) is 20.8 Å². The van der Waals surface area contributed by atoms with E-state index in [1.54, 1.807) is 14.2 Å². The van der Waals surface area contributed by atoms with Crippen LogP contribution < -0.4 is 9.47 Å². The predicted molar refractivity (Wildman–Crippen MR) is 98.6 cm³/mol. The lowest BCUT2D eigenvalue weighted by atomic mass is 9.95. The van der Waals surface area contributed by atoms with Crippen LogP contribution in [0, 0.1) is 20.8 Å². The molecule has 0 bridgehead atoms. The van der Waals surface area contributed by atoms with Crippen LogP contribution in [-0.4, -0.2) is 31.6 Å². The van der Waals surface area contributed by atoms with Gasteiger partial charge in [0.15, 0.2) is 11.5 Å². The Morgan fingerprint density at radius 1 is 0.920 bits per heavy atom. The fourth-order valence-electron chi connectivity index (χ4n) is 3.73.